The number of aromatic nitrogens is 10. The second-order valence-corrected chi connectivity index (χ2v) is 12.8. The van der Waals surface area contributed by atoms with Gasteiger partial charge in [-0.1, -0.05) is 17.7 Å². The minimum Gasteiger partial charge on any atom is -0.384 e. The van der Waals surface area contributed by atoms with Crippen molar-refractivity contribution >= 4 is 23.2 Å². The van der Waals surface area contributed by atoms with Crippen LogP contribution in [0.3, 0.4) is 0 Å². The summed E-state index contributed by atoms with van der Waals surface area (Å²) in [7, 11) is 0. The molecule has 0 amide bonds. The van der Waals surface area contributed by atoms with Crippen molar-refractivity contribution in [1.82, 2.24) is 49.0 Å². The molecular weight excluding hydrogens is 748 g/mol. The van der Waals surface area contributed by atoms with Gasteiger partial charge in [0.1, 0.15) is 30.1 Å². The van der Waals surface area contributed by atoms with Crippen LogP contribution < -0.4 is 11.5 Å². The fourth-order valence-corrected chi connectivity index (χ4v) is 5.48. The third kappa shape index (κ3) is 8.50. The monoisotopic (exact) mass is 776 g/mol. The van der Waals surface area contributed by atoms with Crippen LogP contribution in [0.5, 0.6) is 0 Å². The Labute approximate surface area is 321 Å². The molecule has 0 aliphatic heterocycles. The predicted octanol–water partition coefficient (Wildman–Crippen LogP) is 8.38. The van der Waals surface area contributed by atoms with Gasteiger partial charge in [0.05, 0.1) is 22.8 Å². The molecule has 8 rings (SSSR count). The summed E-state index contributed by atoms with van der Waals surface area (Å²) in [6, 6.07) is 20.5. The summed E-state index contributed by atoms with van der Waals surface area (Å²) in [5.41, 5.74) is 16.9. The topological polar surface area (TPSA) is 165 Å². The Bertz CT molecular complexity index is 2640. The summed E-state index contributed by atoms with van der Waals surface area (Å²) in [6.45, 7) is 3.92. The number of rotatable bonds is 6. The van der Waals surface area contributed by atoms with Gasteiger partial charge in [-0.05, 0) is 92.2 Å². The van der Waals surface area contributed by atoms with Gasteiger partial charge in [0, 0.05) is 57.8 Å². The van der Waals surface area contributed by atoms with E-state index < -0.39 is 17.7 Å². The molecule has 0 fully saturated rings. The summed E-state index contributed by atoms with van der Waals surface area (Å²) in [5, 5.41) is 0.737. The van der Waals surface area contributed by atoms with Crippen molar-refractivity contribution in [1.29, 1.82) is 0 Å². The van der Waals surface area contributed by atoms with Gasteiger partial charge in [-0.3, -0.25) is 9.13 Å². The highest BCUT2D eigenvalue weighted by Crippen LogP contribution is 2.31. The van der Waals surface area contributed by atoms with Gasteiger partial charge < -0.3 is 11.5 Å². The van der Waals surface area contributed by atoms with Crippen LogP contribution in [0.2, 0.25) is 5.02 Å². The van der Waals surface area contributed by atoms with Crippen LogP contribution in [0.15, 0.2) is 116 Å². The Kier molecular flexibility index (Phi) is 10.2. The minimum absolute atomic E-state index is 0.00623. The molecule has 6 aromatic heterocycles. The zero-order chi connectivity index (χ0) is 39.6. The molecule has 0 unspecified atom stereocenters. The van der Waals surface area contributed by atoms with Crippen molar-refractivity contribution in [2.24, 2.45) is 0 Å². The number of hydrogen-bond acceptors (Lipinski definition) is 10. The molecule has 0 atom stereocenters. The van der Waals surface area contributed by atoms with E-state index in [0.717, 1.165) is 57.0 Å². The first-order valence-electron chi connectivity index (χ1n) is 16.7. The lowest BCUT2D eigenvalue weighted by molar-refractivity contribution is -0.141. The van der Waals surface area contributed by atoms with E-state index >= 15 is 0 Å². The molecule has 0 spiro atoms. The van der Waals surface area contributed by atoms with E-state index in [9.17, 15) is 17.6 Å². The van der Waals surface area contributed by atoms with Crippen molar-refractivity contribution in [2.45, 2.75) is 20.0 Å². The molecule has 56 heavy (non-hydrogen) atoms. The van der Waals surface area contributed by atoms with Crippen LogP contribution in [0.25, 0.3) is 56.9 Å². The van der Waals surface area contributed by atoms with Gasteiger partial charge in [0.15, 0.2) is 5.69 Å². The summed E-state index contributed by atoms with van der Waals surface area (Å²) in [6.07, 6.45) is 4.86. The Morgan fingerprint density at radius 2 is 1.09 bits per heavy atom. The van der Waals surface area contributed by atoms with Crippen molar-refractivity contribution in [3.63, 3.8) is 0 Å². The van der Waals surface area contributed by atoms with E-state index in [0.29, 0.717) is 34.4 Å². The van der Waals surface area contributed by atoms with Gasteiger partial charge in [-0.2, -0.15) is 13.2 Å². The van der Waals surface area contributed by atoms with Gasteiger partial charge in [0.25, 0.3) is 0 Å². The Hall–Kier alpha value is -7.07. The third-order valence-corrected chi connectivity index (χ3v) is 8.66. The average molecular weight is 777 g/mol. The SMILES string of the molecule is Cc1cc(-c2ccc(Cl)c(C)c2)nc(-n2cnc(-c3ccc(N)nc3)c2)n1.Nc1ccc(-c2cn(-c3nc(-c4ccc(F)cc4)cc(C(F)(F)F)n3)cn2)cn1. The molecule has 8 aromatic rings. The zero-order valence-corrected chi connectivity index (χ0v) is 30.2. The Balaban J connectivity index is 0.000000172. The molecule has 0 saturated heterocycles. The molecule has 0 aliphatic carbocycles. The number of aryl methyl sites for hydroxylation is 2. The number of alkyl halides is 3. The summed E-state index contributed by atoms with van der Waals surface area (Å²) in [4.78, 5) is 33.7. The number of hydrogen-bond donors (Lipinski definition) is 2. The van der Waals surface area contributed by atoms with E-state index in [1.54, 1.807) is 35.3 Å². The third-order valence-electron chi connectivity index (χ3n) is 8.23. The highest BCUT2D eigenvalue weighted by Gasteiger charge is 2.34. The lowest BCUT2D eigenvalue weighted by Gasteiger charge is -2.11. The normalized spacial score (nSPS) is 11.3. The number of nitrogens with zero attached hydrogens (tertiary/aromatic N) is 10. The standard InChI is InChI=1S/C20H17ClN6.C19H12F4N6/c1-12-7-14(3-5-16(12)21)17-8-13(2)25-20(26-17)27-10-18(24-11-27)15-4-6-19(22)23-9-15;20-13-4-1-11(2-5-13)14-7-16(19(21,22)23)28-18(27-14)29-9-15(26-10-29)12-3-6-17(24)25-8-12/h3-11H,1-2H3,(H2,22,23);1-10H,(H2,24,25). The van der Waals surface area contributed by atoms with Crippen molar-refractivity contribution in [2.75, 3.05) is 11.5 Å². The van der Waals surface area contributed by atoms with Gasteiger partial charge >= 0.3 is 6.18 Å². The minimum atomic E-state index is -4.68. The summed E-state index contributed by atoms with van der Waals surface area (Å²) in [5.74, 6) is 0.637. The molecule has 280 valence electrons. The lowest BCUT2D eigenvalue weighted by Crippen LogP contribution is -2.12. The van der Waals surface area contributed by atoms with Crippen LogP contribution in [-0.2, 0) is 6.18 Å². The predicted molar refractivity (Wildman–Crippen MR) is 204 cm³/mol. The van der Waals surface area contributed by atoms with Crippen molar-refractivity contribution < 1.29 is 17.6 Å². The van der Waals surface area contributed by atoms with Crippen LogP contribution >= 0.6 is 11.6 Å². The van der Waals surface area contributed by atoms with E-state index in [-0.39, 0.29) is 11.6 Å². The molecule has 12 nitrogen and oxygen atoms in total. The van der Waals surface area contributed by atoms with Gasteiger partial charge in [-0.25, -0.2) is 44.3 Å². The number of pyridine rings is 2. The maximum Gasteiger partial charge on any atom is 0.433 e. The Morgan fingerprint density at radius 1 is 0.571 bits per heavy atom. The van der Waals surface area contributed by atoms with Crippen LogP contribution in [0.1, 0.15) is 17.0 Å². The zero-order valence-electron chi connectivity index (χ0n) is 29.5. The molecule has 0 bridgehead atoms. The second-order valence-electron chi connectivity index (χ2n) is 12.4. The molecule has 0 radical (unpaired) electrons. The van der Waals surface area contributed by atoms with E-state index in [1.807, 2.05) is 50.4 Å². The fourth-order valence-electron chi connectivity index (χ4n) is 5.36. The average Bonchev–Trinajstić information content (AvgIpc) is 3.88. The first-order valence-corrected chi connectivity index (χ1v) is 17.0. The van der Waals surface area contributed by atoms with Crippen LogP contribution in [0, 0.1) is 19.7 Å². The van der Waals surface area contributed by atoms with Crippen molar-refractivity contribution in [3.05, 3.63) is 144 Å². The van der Waals surface area contributed by atoms with Crippen molar-refractivity contribution in [3.8, 4) is 56.9 Å². The van der Waals surface area contributed by atoms with Crippen LogP contribution in [0.4, 0.5) is 29.2 Å². The number of nitrogen functional groups attached to an aromatic ring is 2. The first kappa shape index (κ1) is 37.3. The highest BCUT2D eigenvalue weighted by molar-refractivity contribution is 6.31. The number of imidazole rings is 2. The maximum absolute atomic E-state index is 13.4. The second kappa shape index (κ2) is 15.3. The first-order chi connectivity index (χ1) is 26.8. The molecule has 0 aliphatic rings. The summed E-state index contributed by atoms with van der Waals surface area (Å²) >= 11 is 6.14. The van der Waals surface area contributed by atoms with E-state index in [1.165, 1.54) is 35.4 Å². The Morgan fingerprint density at radius 3 is 1.61 bits per heavy atom. The largest absolute Gasteiger partial charge is 0.433 e. The number of nitrogens with two attached hydrogens (primary N) is 2. The molecule has 4 N–H and O–H groups in total. The highest BCUT2D eigenvalue weighted by atomic mass is 35.5. The van der Waals surface area contributed by atoms with Gasteiger partial charge in [0.2, 0.25) is 11.9 Å². The molecule has 6 heterocycles. The fraction of sp³-hybridized carbons (Fsp3) is 0.0769. The van der Waals surface area contributed by atoms with Gasteiger partial charge in [-0.15, -0.1) is 0 Å². The number of benzene rings is 2. The van der Waals surface area contributed by atoms with Crippen LogP contribution in [-0.4, -0.2) is 49.0 Å². The molecule has 17 heteroatoms. The van der Waals surface area contributed by atoms with E-state index in [4.69, 9.17) is 28.1 Å². The molecule has 2 aromatic carbocycles. The maximum atomic E-state index is 13.4. The lowest BCUT2D eigenvalue weighted by atomic mass is 10.1. The molecule has 0 saturated carbocycles. The smallest absolute Gasteiger partial charge is 0.384 e. The summed E-state index contributed by atoms with van der Waals surface area (Å²) < 4.78 is 56.3. The number of anilines is 2. The van der Waals surface area contributed by atoms with E-state index in [2.05, 4.69) is 34.9 Å². The quantitative estimate of drug-likeness (QED) is 0.157. The number of halogens is 5. The molecular formula is C39H29ClF4N12.